The van der Waals surface area contributed by atoms with E-state index in [4.69, 9.17) is 0 Å². The summed E-state index contributed by atoms with van der Waals surface area (Å²) in [5.74, 6) is 0.652. The molecule has 2 N–H and O–H groups in total. The molecule has 144 valence electrons. The van der Waals surface area contributed by atoms with E-state index in [0.717, 1.165) is 37.9 Å². The molecule has 1 saturated carbocycles. The van der Waals surface area contributed by atoms with Crippen LogP contribution in [0.4, 0.5) is 0 Å². The zero-order valence-corrected chi connectivity index (χ0v) is 15.7. The van der Waals surface area contributed by atoms with Gasteiger partial charge in [0.1, 0.15) is 0 Å². The average molecular weight is 369 g/mol. The van der Waals surface area contributed by atoms with E-state index in [1.54, 1.807) is 6.92 Å². The van der Waals surface area contributed by atoms with Crippen molar-refractivity contribution >= 4 is 0 Å². The largest absolute Gasteiger partial charge is 0.385 e. The Bertz CT molecular complexity index is 889. The van der Waals surface area contributed by atoms with Crippen LogP contribution in [-0.2, 0) is 12.1 Å². The van der Waals surface area contributed by atoms with E-state index in [1.807, 2.05) is 30.3 Å². The van der Waals surface area contributed by atoms with Crippen molar-refractivity contribution in [1.82, 2.24) is 14.5 Å². The molecular formula is C21H27N3O3. The van der Waals surface area contributed by atoms with Gasteiger partial charge in [-0.3, -0.25) is 9.36 Å². The van der Waals surface area contributed by atoms with Gasteiger partial charge < -0.3 is 15.0 Å². The summed E-state index contributed by atoms with van der Waals surface area (Å²) >= 11 is 0. The van der Waals surface area contributed by atoms with E-state index in [9.17, 15) is 14.7 Å². The molecule has 6 heteroatoms. The third-order valence-electron chi connectivity index (χ3n) is 6.33. The second kappa shape index (κ2) is 7.09. The normalized spacial score (nSPS) is 28.2. The van der Waals surface area contributed by atoms with E-state index in [2.05, 4.69) is 9.88 Å². The standard InChI is InChI=1S/C21H27N3O3/c1-15-12-19(25)24(20(26)22-15)11-10-23-13-16-6-5-9-21(27,18(16)14-23)17-7-3-2-4-8-17/h2-4,7-8,12,16,18,27H,5-6,9-11,13-14H2,1H3,(H,22,26)/t16-,18+,21+/m0/s1. The summed E-state index contributed by atoms with van der Waals surface area (Å²) in [6.45, 7) is 4.44. The van der Waals surface area contributed by atoms with E-state index in [-0.39, 0.29) is 17.2 Å². The van der Waals surface area contributed by atoms with Crippen LogP contribution in [0, 0.1) is 18.8 Å². The summed E-state index contributed by atoms with van der Waals surface area (Å²) in [6.07, 6.45) is 2.95. The van der Waals surface area contributed by atoms with Gasteiger partial charge in [0.2, 0.25) is 0 Å². The number of rotatable bonds is 4. The van der Waals surface area contributed by atoms with Crippen molar-refractivity contribution in [3.8, 4) is 0 Å². The summed E-state index contributed by atoms with van der Waals surface area (Å²) < 4.78 is 1.26. The molecule has 0 spiro atoms. The van der Waals surface area contributed by atoms with Gasteiger partial charge >= 0.3 is 5.69 Å². The highest BCUT2D eigenvalue weighted by Crippen LogP contribution is 2.48. The molecule has 3 atom stereocenters. The van der Waals surface area contributed by atoms with E-state index in [0.29, 0.717) is 24.7 Å². The molecule has 2 heterocycles. The van der Waals surface area contributed by atoms with Gasteiger partial charge in [-0.1, -0.05) is 30.3 Å². The molecule has 1 aromatic heterocycles. The molecule has 2 aliphatic rings. The monoisotopic (exact) mass is 369 g/mol. The first-order valence-electron chi connectivity index (χ1n) is 9.78. The van der Waals surface area contributed by atoms with Crippen LogP contribution >= 0.6 is 0 Å². The SMILES string of the molecule is Cc1cc(=O)n(CCN2C[C@@H]3CCC[C@@](O)(c4ccccc4)[C@@H]3C2)c(=O)[nH]1. The summed E-state index contributed by atoms with van der Waals surface area (Å²) in [5, 5.41) is 11.5. The topological polar surface area (TPSA) is 78.3 Å². The van der Waals surface area contributed by atoms with Crippen LogP contribution in [0.2, 0.25) is 0 Å². The fourth-order valence-corrected chi connectivity index (χ4v) is 4.97. The zero-order valence-electron chi connectivity index (χ0n) is 15.7. The Kier molecular flexibility index (Phi) is 4.78. The summed E-state index contributed by atoms with van der Waals surface area (Å²) in [7, 11) is 0. The number of H-pyrrole nitrogens is 1. The number of aromatic amines is 1. The van der Waals surface area contributed by atoms with Crippen molar-refractivity contribution in [3.63, 3.8) is 0 Å². The predicted octanol–water partition coefficient (Wildman–Crippen LogP) is 1.46. The van der Waals surface area contributed by atoms with Gasteiger partial charge in [-0.25, -0.2) is 4.79 Å². The fourth-order valence-electron chi connectivity index (χ4n) is 4.97. The Morgan fingerprint density at radius 2 is 1.96 bits per heavy atom. The third kappa shape index (κ3) is 3.39. The first-order chi connectivity index (χ1) is 13.0. The Labute approximate surface area is 158 Å². The van der Waals surface area contributed by atoms with Crippen molar-refractivity contribution < 1.29 is 5.11 Å². The molecular weight excluding hydrogens is 342 g/mol. The van der Waals surface area contributed by atoms with Crippen molar-refractivity contribution in [3.05, 3.63) is 68.5 Å². The molecule has 1 aromatic carbocycles. The van der Waals surface area contributed by atoms with E-state index in [1.165, 1.54) is 10.6 Å². The van der Waals surface area contributed by atoms with Crippen molar-refractivity contribution in [2.24, 2.45) is 11.8 Å². The number of benzene rings is 1. The van der Waals surface area contributed by atoms with Crippen molar-refractivity contribution in [2.75, 3.05) is 19.6 Å². The number of nitrogens with zero attached hydrogens (tertiary/aromatic N) is 2. The number of hydrogen-bond donors (Lipinski definition) is 2. The maximum atomic E-state index is 12.1. The minimum Gasteiger partial charge on any atom is -0.385 e. The minimum absolute atomic E-state index is 0.196. The second-order valence-electron chi connectivity index (χ2n) is 8.06. The second-order valence-corrected chi connectivity index (χ2v) is 8.06. The lowest BCUT2D eigenvalue weighted by Gasteiger charge is -2.41. The Balaban J connectivity index is 1.49. The van der Waals surface area contributed by atoms with Crippen LogP contribution in [0.15, 0.2) is 46.0 Å². The summed E-state index contributed by atoms with van der Waals surface area (Å²) in [6, 6.07) is 11.5. The Morgan fingerprint density at radius 1 is 1.19 bits per heavy atom. The maximum absolute atomic E-state index is 12.1. The van der Waals surface area contributed by atoms with Gasteiger partial charge in [0.25, 0.3) is 5.56 Å². The summed E-state index contributed by atoms with van der Waals surface area (Å²) in [5.41, 5.74) is 0.206. The molecule has 6 nitrogen and oxygen atoms in total. The highest BCUT2D eigenvalue weighted by atomic mass is 16.3. The molecule has 2 fully saturated rings. The highest BCUT2D eigenvalue weighted by molar-refractivity contribution is 5.25. The maximum Gasteiger partial charge on any atom is 0.328 e. The smallest absolute Gasteiger partial charge is 0.328 e. The van der Waals surface area contributed by atoms with Gasteiger partial charge in [0.05, 0.1) is 5.60 Å². The van der Waals surface area contributed by atoms with Gasteiger partial charge in [0, 0.05) is 43.9 Å². The first kappa shape index (κ1) is 18.2. The van der Waals surface area contributed by atoms with Gasteiger partial charge in [-0.05, 0) is 37.7 Å². The quantitative estimate of drug-likeness (QED) is 0.855. The molecule has 0 radical (unpaired) electrons. The molecule has 1 aliphatic heterocycles. The van der Waals surface area contributed by atoms with Crippen LogP contribution in [0.5, 0.6) is 0 Å². The molecule has 1 aliphatic carbocycles. The first-order valence-corrected chi connectivity index (χ1v) is 9.78. The van der Waals surface area contributed by atoms with Crippen molar-refractivity contribution in [2.45, 2.75) is 38.3 Å². The van der Waals surface area contributed by atoms with Crippen LogP contribution < -0.4 is 11.2 Å². The lowest BCUT2D eigenvalue weighted by atomic mass is 9.67. The summed E-state index contributed by atoms with van der Waals surface area (Å²) in [4.78, 5) is 29.1. The van der Waals surface area contributed by atoms with E-state index < -0.39 is 5.60 Å². The number of likely N-dealkylation sites (tertiary alicyclic amines) is 1. The lowest BCUT2D eigenvalue weighted by molar-refractivity contribution is -0.0647. The molecule has 0 amide bonds. The van der Waals surface area contributed by atoms with Gasteiger partial charge in [0.15, 0.2) is 0 Å². The number of aryl methyl sites for hydroxylation is 1. The molecule has 1 saturated heterocycles. The number of aliphatic hydroxyl groups is 1. The molecule has 2 aromatic rings. The van der Waals surface area contributed by atoms with Crippen LogP contribution in [0.1, 0.15) is 30.5 Å². The minimum atomic E-state index is -0.781. The number of nitrogens with one attached hydrogen (secondary N) is 1. The molecule has 27 heavy (non-hydrogen) atoms. The Hall–Kier alpha value is -2.18. The molecule has 0 unspecified atom stereocenters. The lowest BCUT2D eigenvalue weighted by Crippen LogP contribution is -2.43. The third-order valence-corrected chi connectivity index (χ3v) is 6.33. The fraction of sp³-hybridized carbons (Fsp3) is 0.524. The number of hydrogen-bond acceptors (Lipinski definition) is 4. The van der Waals surface area contributed by atoms with Crippen LogP contribution in [0.3, 0.4) is 0 Å². The predicted molar refractivity (Wildman–Crippen MR) is 104 cm³/mol. The average Bonchev–Trinajstić information content (AvgIpc) is 3.06. The van der Waals surface area contributed by atoms with E-state index >= 15 is 0 Å². The zero-order chi connectivity index (χ0) is 19.0. The van der Waals surface area contributed by atoms with Gasteiger partial charge in [-0.15, -0.1) is 0 Å². The van der Waals surface area contributed by atoms with Crippen molar-refractivity contribution in [1.29, 1.82) is 0 Å². The number of fused-ring (bicyclic) bond motifs is 1. The van der Waals surface area contributed by atoms with Crippen LogP contribution in [-0.4, -0.2) is 39.2 Å². The van der Waals surface area contributed by atoms with Crippen LogP contribution in [0.25, 0.3) is 0 Å². The highest BCUT2D eigenvalue weighted by Gasteiger charge is 2.49. The molecule has 4 rings (SSSR count). The molecule has 0 bridgehead atoms. The Morgan fingerprint density at radius 3 is 2.70 bits per heavy atom. The van der Waals surface area contributed by atoms with Gasteiger partial charge in [-0.2, -0.15) is 0 Å². The number of aromatic nitrogens is 2.